The molecule has 0 atom stereocenters. The molecule has 0 spiro atoms. The molecule has 0 unspecified atom stereocenters. The molecule has 0 saturated heterocycles. The number of rotatable bonds is 5. The fourth-order valence-corrected chi connectivity index (χ4v) is 12.6. The summed E-state index contributed by atoms with van der Waals surface area (Å²) in [7, 11) is 0. The first-order chi connectivity index (χ1) is 34.6. The molecule has 1 aliphatic heterocycles. The van der Waals surface area contributed by atoms with Gasteiger partial charge < -0.3 is 8.98 Å². The first-order valence-electron chi connectivity index (χ1n) is 24.2. The Morgan fingerprint density at radius 2 is 1.07 bits per heavy atom. The van der Waals surface area contributed by atoms with Gasteiger partial charge in [0.2, 0.25) is 0 Å². The highest BCUT2D eigenvalue weighted by Gasteiger charge is 2.28. The lowest BCUT2D eigenvalue weighted by Crippen LogP contribution is -2.10. The lowest BCUT2D eigenvalue weighted by atomic mass is 9.93. The average molecular weight is 912 g/mol. The summed E-state index contributed by atoms with van der Waals surface area (Å²) in [4.78, 5) is 11.8. The molecule has 11 aromatic carbocycles. The maximum atomic E-state index is 7.45. The zero-order valence-corrected chi connectivity index (χ0v) is 39.0. The number of fused-ring (bicyclic) bond motifs is 15. The third kappa shape index (κ3) is 5.82. The number of benzene rings is 11. The summed E-state index contributed by atoms with van der Waals surface area (Å²) in [6.07, 6.45) is 1.46. The van der Waals surface area contributed by atoms with Gasteiger partial charge in [0.1, 0.15) is 11.3 Å². The molecule has 328 valence electrons. The topological polar surface area (TPSA) is 42.8 Å². The number of aromatic nitrogens is 1. The van der Waals surface area contributed by atoms with Crippen LogP contribution in [0.3, 0.4) is 0 Å². The van der Waals surface area contributed by atoms with Gasteiger partial charge in [-0.25, -0.2) is 9.98 Å². The molecule has 5 heteroatoms. The highest BCUT2D eigenvalue weighted by molar-refractivity contribution is 7.25. The van der Waals surface area contributed by atoms with Crippen LogP contribution in [0.25, 0.3) is 118 Å². The Labute approximate surface area is 406 Å². The van der Waals surface area contributed by atoms with Crippen LogP contribution in [-0.2, 0) is 0 Å². The molecule has 3 aromatic heterocycles. The Morgan fingerprint density at radius 3 is 1.89 bits per heavy atom. The zero-order chi connectivity index (χ0) is 46.0. The van der Waals surface area contributed by atoms with E-state index in [4.69, 9.17) is 14.4 Å². The van der Waals surface area contributed by atoms with Crippen molar-refractivity contribution in [1.82, 2.24) is 4.57 Å². The van der Waals surface area contributed by atoms with Gasteiger partial charge >= 0.3 is 0 Å². The molecule has 4 nitrogen and oxygen atoms in total. The number of thiophene rings is 1. The number of amidine groups is 1. The first kappa shape index (κ1) is 39.4. The minimum Gasteiger partial charge on any atom is -0.453 e. The van der Waals surface area contributed by atoms with Gasteiger partial charge in [0.15, 0.2) is 11.4 Å². The van der Waals surface area contributed by atoms with Crippen molar-refractivity contribution in [3.63, 3.8) is 0 Å². The van der Waals surface area contributed by atoms with E-state index in [0.29, 0.717) is 12.3 Å². The van der Waals surface area contributed by atoms with Gasteiger partial charge in [-0.05, 0) is 86.8 Å². The second-order valence-electron chi connectivity index (χ2n) is 18.7. The molecule has 70 heavy (non-hydrogen) atoms. The average Bonchev–Trinajstić information content (AvgIpc) is 4.04. The van der Waals surface area contributed by atoms with Crippen molar-refractivity contribution >= 4 is 136 Å². The summed E-state index contributed by atoms with van der Waals surface area (Å²) < 4.78 is 12.5. The summed E-state index contributed by atoms with van der Waals surface area (Å²) >= 11 is 1.84. The first-order valence-corrected chi connectivity index (χ1v) is 25.0. The van der Waals surface area contributed by atoms with Crippen molar-refractivity contribution < 1.29 is 4.42 Å². The van der Waals surface area contributed by atoms with Crippen molar-refractivity contribution in [2.75, 3.05) is 0 Å². The van der Waals surface area contributed by atoms with Gasteiger partial charge in [-0.2, -0.15) is 0 Å². The molecule has 14 aromatic rings. The van der Waals surface area contributed by atoms with Crippen LogP contribution in [0.1, 0.15) is 36.5 Å². The number of hydrogen-bond acceptors (Lipinski definition) is 4. The van der Waals surface area contributed by atoms with E-state index in [1.54, 1.807) is 0 Å². The lowest BCUT2D eigenvalue weighted by molar-refractivity contribution is 0.670. The molecule has 0 aliphatic carbocycles. The van der Waals surface area contributed by atoms with E-state index >= 15 is 0 Å². The Balaban J connectivity index is 1.11. The summed E-state index contributed by atoms with van der Waals surface area (Å²) in [5.74, 6) is 0.649. The number of allylic oxidation sites excluding steroid dienone is 1. The highest BCUT2D eigenvalue weighted by atomic mass is 32.1. The van der Waals surface area contributed by atoms with Crippen LogP contribution in [0.2, 0.25) is 0 Å². The van der Waals surface area contributed by atoms with Crippen molar-refractivity contribution in [2.45, 2.75) is 19.8 Å². The van der Waals surface area contributed by atoms with Crippen LogP contribution < -0.4 is 0 Å². The number of nitrogens with zero attached hydrogens (tertiary/aromatic N) is 3. The molecule has 0 N–H and O–H groups in total. The van der Waals surface area contributed by atoms with Gasteiger partial charge in [-0.3, -0.25) is 0 Å². The van der Waals surface area contributed by atoms with E-state index in [1.165, 1.54) is 63.4 Å². The van der Waals surface area contributed by atoms with Gasteiger partial charge in [-0.1, -0.05) is 171 Å². The zero-order valence-electron chi connectivity index (χ0n) is 38.2. The third-order valence-electron chi connectivity index (χ3n) is 14.8. The minimum atomic E-state index is 0.649. The predicted octanol–water partition coefficient (Wildman–Crippen LogP) is 18.1. The van der Waals surface area contributed by atoms with Crippen LogP contribution >= 0.6 is 11.3 Å². The van der Waals surface area contributed by atoms with Crippen molar-refractivity contribution in [3.8, 4) is 5.69 Å². The highest BCUT2D eigenvalue weighted by Crippen LogP contribution is 2.45. The smallest absolute Gasteiger partial charge is 0.162 e. The molecule has 0 amide bonds. The summed E-state index contributed by atoms with van der Waals surface area (Å²) in [5.41, 5.74) is 11.1. The normalized spacial score (nSPS) is 13.6. The third-order valence-corrected chi connectivity index (χ3v) is 16.0. The van der Waals surface area contributed by atoms with Gasteiger partial charge in [-0.15, -0.1) is 11.3 Å². The van der Waals surface area contributed by atoms with Gasteiger partial charge in [0.25, 0.3) is 0 Å². The molecule has 0 bridgehead atoms. The Morgan fingerprint density at radius 1 is 0.457 bits per heavy atom. The second-order valence-corrected chi connectivity index (χ2v) is 19.7. The number of hydrogen-bond donors (Lipinski definition) is 0. The molecule has 0 saturated carbocycles. The molecular formula is C65H41N3OS. The maximum absolute atomic E-state index is 7.45. The van der Waals surface area contributed by atoms with Crippen molar-refractivity contribution in [2.24, 2.45) is 9.98 Å². The predicted molar refractivity (Wildman–Crippen MR) is 299 cm³/mol. The number of furan rings is 1. The fraction of sp³-hybridized carbons (Fsp3) is 0.0462. The van der Waals surface area contributed by atoms with E-state index in [-0.39, 0.29) is 0 Å². The van der Waals surface area contributed by atoms with Crippen molar-refractivity contribution in [3.05, 3.63) is 229 Å². The van der Waals surface area contributed by atoms with Gasteiger partial charge in [0, 0.05) is 75.6 Å². The molecule has 4 heterocycles. The summed E-state index contributed by atoms with van der Waals surface area (Å²) in [5, 5.41) is 16.3. The van der Waals surface area contributed by atoms with E-state index in [1.807, 2.05) is 11.3 Å². The van der Waals surface area contributed by atoms with Crippen LogP contribution in [0.15, 0.2) is 226 Å². The SMILES string of the molecule is CCC1=C(c2ccc3c(c2)sc2ccccc23)N=C(c2ccc3c(oc4c5ccccc5ccc34)c2-n2c3cc4ccccc4cc3c3ccc4ccccc4c32)N=C(c2cccc3ccccc23)C1. The monoisotopic (exact) mass is 911 g/mol. The molecule has 0 radical (unpaired) electrons. The summed E-state index contributed by atoms with van der Waals surface area (Å²) in [6, 6.07) is 75.1. The summed E-state index contributed by atoms with van der Waals surface area (Å²) in [6.45, 7) is 2.26. The second kappa shape index (κ2) is 15.2. The van der Waals surface area contributed by atoms with Gasteiger partial charge in [0.05, 0.1) is 22.4 Å². The quantitative estimate of drug-likeness (QED) is 0.170. The maximum Gasteiger partial charge on any atom is 0.162 e. The number of aliphatic imine (C=N–C) groups is 2. The van der Waals surface area contributed by atoms with E-state index < -0.39 is 0 Å². The van der Waals surface area contributed by atoms with E-state index in [2.05, 4.69) is 218 Å². The minimum absolute atomic E-state index is 0.649. The molecule has 0 fully saturated rings. The van der Waals surface area contributed by atoms with Crippen LogP contribution in [0, 0.1) is 0 Å². The molecular weight excluding hydrogens is 871 g/mol. The van der Waals surface area contributed by atoms with E-state index in [0.717, 1.165) is 89.3 Å². The Hall–Kier alpha value is -8.64. The van der Waals surface area contributed by atoms with E-state index in [9.17, 15) is 0 Å². The fourth-order valence-electron chi connectivity index (χ4n) is 11.5. The van der Waals surface area contributed by atoms with Crippen LogP contribution in [0.5, 0.6) is 0 Å². The van der Waals surface area contributed by atoms with Crippen LogP contribution in [0.4, 0.5) is 0 Å². The lowest BCUT2D eigenvalue weighted by Gasteiger charge is -2.16. The Kier molecular flexibility index (Phi) is 8.54. The molecule has 15 rings (SSSR count). The Bertz CT molecular complexity index is 4670. The van der Waals surface area contributed by atoms with Crippen LogP contribution in [-0.4, -0.2) is 16.1 Å². The standard InChI is InChI=1S/C65H41N3OS/c1-2-38-35-56(48-24-13-19-39-14-5-8-20-45(39)48)66-65(67-60(38)44-28-29-50-49-23-11-12-25-58(49)70-59(50)37-44)54-33-32-53-52-31-27-41-16-7-10-22-47(41)63(52)69-64(53)62(54)68-57-36-43-18-4-3-17-42(43)34-55(57)51-30-26-40-15-6-9-21-46(40)61(51)68/h3-34,36-37H,2,35H2,1H3. The molecule has 1 aliphatic rings. The largest absolute Gasteiger partial charge is 0.453 e. The van der Waals surface area contributed by atoms with Crippen molar-refractivity contribution in [1.29, 1.82) is 0 Å².